The summed E-state index contributed by atoms with van der Waals surface area (Å²) < 4.78 is 0. The fraction of sp³-hybridized carbons (Fsp3) is 1.00. The van der Waals surface area contributed by atoms with Gasteiger partial charge in [0.1, 0.15) is 0 Å². The van der Waals surface area contributed by atoms with Crippen molar-refractivity contribution in [1.82, 2.24) is 5.32 Å². The minimum atomic E-state index is -0.591. The fourth-order valence-corrected chi connectivity index (χ4v) is 1.36. The Morgan fingerprint density at radius 2 is 1.71 bits per heavy atom. The van der Waals surface area contributed by atoms with Crippen LogP contribution in [0, 0.1) is 5.92 Å². The first-order valence-corrected chi connectivity index (χ1v) is 5.77. The van der Waals surface area contributed by atoms with Gasteiger partial charge < -0.3 is 10.4 Å². The van der Waals surface area contributed by atoms with Crippen molar-refractivity contribution >= 4 is 0 Å². The van der Waals surface area contributed by atoms with Crippen molar-refractivity contribution in [3.63, 3.8) is 0 Å². The van der Waals surface area contributed by atoms with Crippen LogP contribution in [0.25, 0.3) is 0 Å². The van der Waals surface area contributed by atoms with Gasteiger partial charge in [0.25, 0.3) is 0 Å². The SMILES string of the molecule is CC(C)CCCC(C)NCC(C)(C)O. The average Bonchev–Trinajstić information content (AvgIpc) is 1.99. The Bertz CT molecular complexity index is 138. The quantitative estimate of drug-likeness (QED) is 0.663. The molecule has 0 aromatic rings. The molecule has 0 bridgehead atoms. The largest absolute Gasteiger partial charge is 0.389 e. The van der Waals surface area contributed by atoms with Crippen molar-refractivity contribution in [2.24, 2.45) is 5.92 Å². The lowest BCUT2D eigenvalue weighted by molar-refractivity contribution is 0.0765. The monoisotopic (exact) mass is 201 g/mol. The molecule has 0 saturated heterocycles. The third kappa shape index (κ3) is 10.0. The van der Waals surface area contributed by atoms with Crippen molar-refractivity contribution in [3.8, 4) is 0 Å². The summed E-state index contributed by atoms with van der Waals surface area (Å²) in [6.45, 7) is 11.0. The van der Waals surface area contributed by atoms with Crippen molar-refractivity contribution in [2.75, 3.05) is 6.54 Å². The second-order valence-electron chi connectivity index (χ2n) is 5.42. The van der Waals surface area contributed by atoms with Crippen LogP contribution in [-0.4, -0.2) is 23.3 Å². The van der Waals surface area contributed by atoms with E-state index in [4.69, 9.17) is 0 Å². The van der Waals surface area contributed by atoms with Gasteiger partial charge in [0.05, 0.1) is 5.60 Å². The van der Waals surface area contributed by atoms with Gasteiger partial charge in [-0.05, 0) is 33.1 Å². The van der Waals surface area contributed by atoms with Crippen LogP contribution in [0.3, 0.4) is 0 Å². The third-order valence-corrected chi connectivity index (χ3v) is 2.30. The van der Waals surface area contributed by atoms with Crippen LogP contribution in [-0.2, 0) is 0 Å². The molecule has 1 unspecified atom stereocenters. The highest BCUT2D eigenvalue weighted by Crippen LogP contribution is 2.08. The van der Waals surface area contributed by atoms with Gasteiger partial charge in [-0.25, -0.2) is 0 Å². The molecule has 86 valence electrons. The summed E-state index contributed by atoms with van der Waals surface area (Å²) >= 11 is 0. The summed E-state index contributed by atoms with van der Waals surface area (Å²) in [5.41, 5.74) is -0.591. The van der Waals surface area contributed by atoms with E-state index in [0.717, 1.165) is 5.92 Å². The number of nitrogens with one attached hydrogen (secondary N) is 1. The first kappa shape index (κ1) is 13.9. The van der Waals surface area contributed by atoms with Crippen LogP contribution in [0.4, 0.5) is 0 Å². The van der Waals surface area contributed by atoms with Gasteiger partial charge in [0.2, 0.25) is 0 Å². The predicted octanol–water partition coefficient (Wildman–Crippen LogP) is 2.56. The van der Waals surface area contributed by atoms with Crippen LogP contribution < -0.4 is 5.32 Å². The molecule has 2 heteroatoms. The molecule has 0 amide bonds. The van der Waals surface area contributed by atoms with Gasteiger partial charge in [-0.2, -0.15) is 0 Å². The molecule has 0 aliphatic rings. The predicted molar refractivity (Wildman–Crippen MR) is 62.5 cm³/mol. The topological polar surface area (TPSA) is 32.3 Å². The number of aliphatic hydroxyl groups is 1. The molecule has 0 fully saturated rings. The summed E-state index contributed by atoms with van der Waals surface area (Å²) in [7, 11) is 0. The average molecular weight is 201 g/mol. The van der Waals surface area contributed by atoms with Crippen molar-refractivity contribution in [3.05, 3.63) is 0 Å². The minimum Gasteiger partial charge on any atom is -0.389 e. The molecule has 0 heterocycles. The van der Waals surface area contributed by atoms with Gasteiger partial charge in [-0.1, -0.05) is 26.7 Å². The van der Waals surface area contributed by atoms with Crippen LogP contribution in [0.5, 0.6) is 0 Å². The highest BCUT2D eigenvalue weighted by molar-refractivity contribution is 4.71. The lowest BCUT2D eigenvalue weighted by Crippen LogP contribution is -2.39. The van der Waals surface area contributed by atoms with E-state index >= 15 is 0 Å². The van der Waals surface area contributed by atoms with Gasteiger partial charge in [-0.15, -0.1) is 0 Å². The molecular formula is C12H27NO. The van der Waals surface area contributed by atoms with E-state index in [-0.39, 0.29) is 0 Å². The van der Waals surface area contributed by atoms with Crippen molar-refractivity contribution in [1.29, 1.82) is 0 Å². The first-order chi connectivity index (χ1) is 6.31. The maximum absolute atomic E-state index is 9.52. The van der Waals surface area contributed by atoms with Gasteiger partial charge in [0.15, 0.2) is 0 Å². The molecular weight excluding hydrogens is 174 g/mol. The van der Waals surface area contributed by atoms with Crippen LogP contribution in [0.1, 0.15) is 53.9 Å². The zero-order chi connectivity index (χ0) is 11.2. The highest BCUT2D eigenvalue weighted by atomic mass is 16.3. The Balaban J connectivity index is 3.42. The second-order valence-corrected chi connectivity index (χ2v) is 5.42. The lowest BCUT2D eigenvalue weighted by Gasteiger charge is -2.21. The van der Waals surface area contributed by atoms with Crippen molar-refractivity contribution in [2.45, 2.75) is 65.5 Å². The number of hydrogen-bond acceptors (Lipinski definition) is 2. The molecule has 0 rings (SSSR count). The Morgan fingerprint density at radius 1 is 1.14 bits per heavy atom. The molecule has 0 aromatic carbocycles. The van der Waals surface area contributed by atoms with E-state index in [1.807, 2.05) is 13.8 Å². The minimum absolute atomic E-state index is 0.514. The summed E-state index contributed by atoms with van der Waals surface area (Å²) in [4.78, 5) is 0. The zero-order valence-corrected chi connectivity index (χ0v) is 10.4. The van der Waals surface area contributed by atoms with E-state index in [9.17, 15) is 5.11 Å². The van der Waals surface area contributed by atoms with E-state index in [1.54, 1.807) is 0 Å². The molecule has 1 atom stereocenters. The van der Waals surface area contributed by atoms with E-state index in [0.29, 0.717) is 12.6 Å². The smallest absolute Gasteiger partial charge is 0.0715 e. The Morgan fingerprint density at radius 3 is 2.14 bits per heavy atom. The molecule has 0 radical (unpaired) electrons. The molecule has 0 aliphatic heterocycles. The molecule has 0 saturated carbocycles. The number of rotatable bonds is 7. The summed E-state index contributed by atoms with van der Waals surface area (Å²) in [5.74, 6) is 0.802. The number of hydrogen-bond donors (Lipinski definition) is 2. The molecule has 0 aliphatic carbocycles. The molecule has 2 N–H and O–H groups in total. The third-order valence-electron chi connectivity index (χ3n) is 2.30. The maximum Gasteiger partial charge on any atom is 0.0715 e. The fourth-order valence-electron chi connectivity index (χ4n) is 1.36. The maximum atomic E-state index is 9.52. The van der Waals surface area contributed by atoms with Gasteiger partial charge >= 0.3 is 0 Å². The van der Waals surface area contributed by atoms with Crippen molar-refractivity contribution < 1.29 is 5.11 Å². The summed E-state index contributed by atoms with van der Waals surface area (Å²) in [6, 6.07) is 0.514. The standard InChI is InChI=1S/C12H27NO/c1-10(2)7-6-8-11(3)13-9-12(4,5)14/h10-11,13-14H,6-9H2,1-5H3. The molecule has 0 aromatic heterocycles. The van der Waals surface area contributed by atoms with E-state index in [2.05, 4.69) is 26.1 Å². The Labute approximate surface area is 89.1 Å². The summed E-state index contributed by atoms with van der Waals surface area (Å²) in [5, 5.41) is 12.9. The van der Waals surface area contributed by atoms with Gasteiger partial charge in [-0.3, -0.25) is 0 Å². The van der Waals surface area contributed by atoms with Crippen LogP contribution >= 0.6 is 0 Å². The van der Waals surface area contributed by atoms with E-state index < -0.39 is 5.60 Å². The lowest BCUT2D eigenvalue weighted by atomic mass is 10.0. The Hall–Kier alpha value is -0.0800. The van der Waals surface area contributed by atoms with E-state index in [1.165, 1.54) is 19.3 Å². The van der Waals surface area contributed by atoms with Crippen LogP contribution in [0.2, 0.25) is 0 Å². The summed E-state index contributed by atoms with van der Waals surface area (Å²) in [6.07, 6.45) is 3.78. The van der Waals surface area contributed by atoms with Crippen LogP contribution in [0.15, 0.2) is 0 Å². The molecule has 14 heavy (non-hydrogen) atoms. The zero-order valence-electron chi connectivity index (χ0n) is 10.4. The molecule has 2 nitrogen and oxygen atoms in total. The Kier molecular flexibility index (Phi) is 6.38. The second kappa shape index (κ2) is 6.41. The first-order valence-electron chi connectivity index (χ1n) is 5.77. The highest BCUT2D eigenvalue weighted by Gasteiger charge is 2.13. The normalized spacial score (nSPS) is 14.8. The van der Waals surface area contributed by atoms with Gasteiger partial charge in [0, 0.05) is 12.6 Å². The molecule has 0 spiro atoms.